The number of amides is 1. The fourth-order valence-corrected chi connectivity index (χ4v) is 5.51. The van der Waals surface area contributed by atoms with E-state index in [1.165, 1.54) is 6.21 Å². The minimum atomic E-state index is -0.745. The maximum Gasteiger partial charge on any atom is 0.433 e. The van der Waals surface area contributed by atoms with E-state index in [-0.39, 0.29) is 24.7 Å². The number of hydrogen-bond acceptors (Lipinski definition) is 9. The molecule has 3 aromatic rings. The van der Waals surface area contributed by atoms with Gasteiger partial charge in [-0.2, -0.15) is 4.99 Å². The van der Waals surface area contributed by atoms with E-state index in [1.54, 1.807) is 20.8 Å². The van der Waals surface area contributed by atoms with E-state index < -0.39 is 23.6 Å². The van der Waals surface area contributed by atoms with Gasteiger partial charge < -0.3 is 29.7 Å². The lowest BCUT2D eigenvalue weighted by molar-refractivity contribution is -0.146. The van der Waals surface area contributed by atoms with E-state index in [0.717, 1.165) is 48.5 Å². The number of thiocarbonyl (C=S) groups is 1. The molecule has 0 spiro atoms. The van der Waals surface area contributed by atoms with Crippen molar-refractivity contribution in [3.05, 3.63) is 42.6 Å². The van der Waals surface area contributed by atoms with E-state index in [4.69, 9.17) is 36.5 Å². The number of ether oxygens (including phenoxy) is 3. The van der Waals surface area contributed by atoms with Crippen LogP contribution in [-0.4, -0.2) is 82.0 Å². The average molecular weight is 636 g/mol. The third-order valence-electron chi connectivity index (χ3n) is 7.47. The van der Waals surface area contributed by atoms with Crippen LogP contribution in [-0.2, 0) is 19.0 Å². The minimum absolute atomic E-state index is 0.0925. The summed E-state index contributed by atoms with van der Waals surface area (Å²) in [6, 6.07) is 11.8. The molecule has 1 aromatic carbocycles. The SMILES string of the molecule is CC(C)C(/C=N/C(=O)OC(C)(C)C)C(=O)OCCNC(=S)Nc1ccc(-c2nc(N3C[C@H]4CC[C@@H](C3)O4)c3cccn3n2)cc1. The summed E-state index contributed by atoms with van der Waals surface area (Å²) in [7, 11) is 0. The molecule has 2 fully saturated rings. The molecule has 13 heteroatoms. The molecule has 240 valence electrons. The summed E-state index contributed by atoms with van der Waals surface area (Å²) in [4.78, 5) is 35.6. The smallest absolute Gasteiger partial charge is 0.433 e. The molecular formula is C32H41N7O5S. The Balaban J connectivity index is 1.12. The molecule has 2 aliphatic rings. The first kappa shape index (κ1) is 32.3. The largest absolute Gasteiger partial charge is 0.463 e. The van der Waals surface area contributed by atoms with Gasteiger partial charge in [-0.05, 0) is 88.1 Å². The highest BCUT2D eigenvalue weighted by atomic mass is 32.1. The lowest BCUT2D eigenvalue weighted by atomic mass is 9.97. The number of carbonyl (C=O) groups excluding carboxylic acids is 2. The molecule has 2 bridgehead atoms. The van der Waals surface area contributed by atoms with Crippen molar-refractivity contribution < 1.29 is 23.8 Å². The number of morpholine rings is 1. The normalized spacial score (nSPS) is 18.8. The van der Waals surface area contributed by atoms with Crippen molar-refractivity contribution in [3.8, 4) is 11.4 Å². The second kappa shape index (κ2) is 13.9. The number of anilines is 2. The molecule has 1 amide bonds. The van der Waals surface area contributed by atoms with E-state index in [0.29, 0.717) is 17.5 Å². The van der Waals surface area contributed by atoms with Crippen LogP contribution in [0.25, 0.3) is 16.9 Å². The predicted octanol–water partition coefficient (Wildman–Crippen LogP) is 4.87. The van der Waals surface area contributed by atoms with Gasteiger partial charge in [0.05, 0.1) is 24.7 Å². The number of esters is 1. The summed E-state index contributed by atoms with van der Waals surface area (Å²) in [5, 5.41) is 11.3. The maximum atomic E-state index is 12.6. The summed E-state index contributed by atoms with van der Waals surface area (Å²) >= 11 is 5.43. The number of fused-ring (bicyclic) bond motifs is 3. The van der Waals surface area contributed by atoms with Gasteiger partial charge in [0.2, 0.25) is 0 Å². The summed E-state index contributed by atoms with van der Waals surface area (Å²) < 4.78 is 18.5. The highest BCUT2D eigenvalue weighted by Crippen LogP contribution is 2.32. The number of aliphatic imine (C=N–C) groups is 1. The lowest BCUT2D eigenvalue weighted by Crippen LogP contribution is -2.43. The van der Waals surface area contributed by atoms with Crippen LogP contribution in [0.15, 0.2) is 47.6 Å². The van der Waals surface area contributed by atoms with Crippen LogP contribution in [0.3, 0.4) is 0 Å². The number of hydrogen-bond donors (Lipinski definition) is 2. The van der Waals surface area contributed by atoms with Crippen molar-refractivity contribution in [1.82, 2.24) is 19.9 Å². The number of carbonyl (C=O) groups is 2. The van der Waals surface area contributed by atoms with Crippen LogP contribution < -0.4 is 15.5 Å². The Morgan fingerprint density at radius 3 is 2.53 bits per heavy atom. The highest BCUT2D eigenvalue weighted by Gasteiger charge is 2.35. The fraction of sp³-hybridized carbons (Fsp3) is 0.500. The molecule has 3 atom stereocenters. The van der Waals surface area contributed by atoms with Gasteiger partial charge in [-0.1, -0.05) is 13.8 Å². The molecule has 1 unspecified atom stereocenters. The van der Waals surface area contributed by atoms with Gasteiger partial charge in [0.1, 0.15) is 17.7 Å². The standard InChI is InChI=1S/C32H41N7O5S/c1-20(2)25(17-34-31(41)44-32(3,4)5)29(40)42-16-14-33-30(45)35-22-10-8-21(9-11-22)27-36-28(26-7-6-15-39(26)37-27)38-18-23-12-13-24(19-38)43-23/h6-11,15,17,20,23-25H,12-14,16,18-19H2,1-5H3,(H2,33,35,45)/b34-17+/t23-,24+,25?. The summed E-state index contributed by atoms with van der Waals surface area (Å²) in [5.74, 6) is 0.298. The van der Waals surface area contributed by atoms with Crippen LogP contribution in [0.2, 0.25) is 0 Å². The number of rotatable bonds is 9. The number of nitrogens with zero attached hydrogens (tertiary/aromatic N) is 5. The molecule has 0 saturated carbocycles. The number of aromatic nitrogens is 3. The van der Waals surface area contributed by atoms with Crippen molar-refractivity contribution in [2.45, 2.75) is 65.3 Å². The minimum Gasteiger partial charge on any atom is -0.463 e. The Kier molecular flexibility index (Phi) is 9.98. The van der Waals surface area contributed by atoms with Crippen LogP contribution in [0.4, 0.5) is 16.3 Å². The van der Waals surface area contributed by atoms with Crippen molar-refractivity contribution in [2.75, 3.05) is 36.5 Å². The van der Waals surface area contributed by atoms with E-state index in [2.05, 4.69) is 20.5 Å². The third kappa shape index (κ3) is 8.54. The average Bonchev–Trinajstić information content (AvgIpc) is 3.59. The second-order valence-corrected chi connectivity index (χ2v) is 13.0. The molecule has 2 aliphatic heterocycles. The number of nitrogens with one attached hydrogen (secondary N) is 2. The molecule has 4 heterocycles. The first-order valence-electron chi connectivity index (χ1n) is 15.3. The molecule has 0 radical (unpaired) electrons. The van der Waals surface area contributed by atoms with Crippen LogP contribution in [0.1, 0.15) is 47.5 Å². The van der Waals surface area contributed by atoms with Gasteiger partial charge >= 0.3 is 12.1 Å². The first-order valence-corrected chi connectivity index (χ1v) is 15.7. The third-order valence-corrected chi connectivity index (χ3v) is 7.72. The van der Waals surface area contributed by atoms with Gasteiger partial charge in [0.25, 0.3) is 0 Å². The molecule has 2 N–H and O–H groups in total. The molecule has 2 saturated heterocycles. The second-order valence-electron chi connectivity index (χ2n) is 12.6. The summed E-state index contributed by atoms with van der Waals surface area (Å²) in [6.07, 6.45) is 5.20. The zero-order valence-electron chi connectivity index (χ0n) is 26.4. The Morgan fingerprint density at radius 1 is 1.16 bits per heavy atom. The van der Waals surface area contributed by atoms with Crippen LogP contribution in [0.5, 0.6) is 0 Å². The monoisotopic (exact) mass is 635 g/mol. The first-order chi connectivity index (χ1) is 21.4. The van der Waals surface area contributed by atoms with Crippen molar-refractivity contribution in [2.24, 2.45) is 16.8 Å². The van der Waals surface area contributed by atoms with Crippen molar-refractivity contribution >= 4 is 52.6 Å². The Labute approximate surface area is 268 Å². The topological polar surface area (TPSA) is 132 Å². The Hall–Kier alpha value is -4.10. The van der Waals surface area contributed by atoms with Gasteiger partial charge in [0.15, 0.2) is 16.8 Å². The van der Waals surface area contributed by atoms with E-state index >= 15 is 0 Å². The van der Waals surface area contributed by atoms with Gasteiger partial charge in [-0.3, -0.25) is 4.79 Å². The Bertz CT molecular complexity index is 1540. The zero-order valence-corrected chi connectivity index (χ0v) is 27.2. The molecule has 2 aromatic heterocycles. The number of benzene rings is 1. The molecular weight excluding hydrogens is 594 g/mol. The maximum absolute atomic E-state index is 12.6. The Morgan fingerprint density at radius 2 is 1.87 bits per heavy atom. The van der Waals surface area contributed by atoms with E-state index in [1.807, 2.05) is 61.0 Å². The summed E-state index contributed by atoms with van der Waals surface area (Å²) in [5.41, 5.74) is 1.99. The quantitative estimate of drug-likeness (QED) is 0.144. The van der Waals surface area contributed by atoms with Gasteiger partial charge in [-0.15, -0.1) is 5.10 Å². The molecule has 5 rings (SSSR count). The molecule has 12 nitrogen and oxygen atoms in total. The van der Waals surface area contributed by atoms with Crippen LogP contribution >= 0.6 is 12.2 Å². The van der Waals surface area contributed by atoms with Gasteiger partial charge in [0, 0.05) is 36.8 Å². The van der Waals surface area contributed by atoms with Crippen molar-refractivity contribution in [3.63, 3.8) is 0 Å². The summed E-state index contributed by atoms with van der Waals surface area (Å²) in [6.45, 7) is 11.0. The highest BCUT2D eigenvalue weighted by molar-refractivity contribution is 7.80. The fourth-order valence-electron chi connectivity index (χ4n) is 5.29. The van der Waals surface area contributed by atoms with E-state index in [9.17, 15) is 9.59 Å². The van der Waals surface area contributed by atoms with Gasteiger partial charge in [-0.25, -0.2) is 14.3 Å². The lowest BCUT2D eigenvalue weighted by Gasteiger charge is -2.33. The zero-order chi connectivity index (χ0) is 32.1. The van der Waals surface area contributed by atoms with Crippen LogP contribution in [0, 0.1) is 11.8 Å². The molecule has 45 heavy (non-hydrogen) atoms. The predicted molar refractivity (Wildman–Crippen MR) is 177 cm³/mol. The van der Waals surface area contributed by atoms with Crippen molar-refractivity contribution in [1.29, 1.82) is 0 Å². The molecule has 0 aliphatic carbocycles.